The smallest absolute Gasteiger partial charge is 0.387 e. The molecule has 0 bridgehead atoms. The van der Waals surface area contributed by atoms with Gasteiger partial charge in [-0.2, -0.15) is 8.78 Å². The number of para-hydroxylation sites is 2. The molecule has 2 amide bonds. The second kappa shape index (κ2) is 11.1. The summed E-state index contributed by atoms with van der Waals surface area (Å²) in [6, 6.07) is 13.5. The summed E-state index contributed by atoms with van der Waals surface area (Å²) in [6.45, 7) is -1.12. The number of hydrogen-bond donors (Lipinski definition) is 0. The summed E-state index contributed by atoms with van der Waals surface area (Å²) >= 11 is 3.41. The molecule has 2 aromatic rings. The molecule has 6 nitrogen and oxygen atoms in total. The first kappa shape index (κ1) is 23.0. The van der Waals surface area contributed by atoms with Gasteiger partial charge in [0.15, 0.2) is 0 Å². The van der Waals surface area contributed by atoms with Crippen molar-refractivity contribution >= 4 is 27.7 Å². The monoisotopic (exact) mass is 496 g/mol. The van der Waals surface area contributed by atoms with Gasteiger partial charge in [0.1, 0.15) is 11.5 Å². The highest BCUT2D eigenvalue weighted by atomic mass is 79.9. The zero-order chi connectivity index (χ0) is 22.2. The Labute approximate surface area is 187 Å². The minimum absolute atomic E-state index is 0.00394. The van der Waals surface area contributed by atoms with Crippen molar-refractivity contribution in [3.8, 4) is 11.5 Å². The van der Waals surface area contributed by atoms with Crippen LogP contribution in [0.3, 0.4) is 0 Å². The number of nitrogens with zero attached hydrogens (tertiary/aromatic N) is 2. The maximum Gasteiger partial charge on any atom is 0.387 e. The van der Waals surface area contributed by atoms with Crippen LogP contribution in [0, 0.1) is 0 Å². The molecule has 0 spiro atoms. The van der Waals surface area contributed by atoms with E-state index in [4.69, 9.17) is 4.74 Å². The maximum absolute atomic E-state index is 12.7. The van der Waals surface area contributed by atoms with Gasteiger partial charge in [-0.3, -0.25) is 9.59 Å². The Balaban J connectivity index is 1.44. The predicted octanol–water partition coefficient (Wildman–Crippen LogP) is 4.19. The first-order chi connectivity index (χ1) is 15.0. The minimum atomic E-state index is -3.00. The average Bonchev–Trinajstić information content (AvgIpc) is 2.77. The first-order valence-corrected chi connectivity index (χ1v) is 10.7. The third kappa shape index (κ3) is 6.40. The molecule has 31 heavy (non-hydrogen) atoms. The molecule has 3 rings (SSSR count). The van der Waals surface area contributed by atoms with E-state index in [0.717, 1.165) is 10.2 Å². The van der Waals surface area contributed by atoms with Crippen LogP contribution in [0.25, 0.3) is 0 Å². The first-order valence-electron chi connectivity index (χ1n) is 9.94. The number of rotatable bonds is 8. The van der Waals surface area contributed by atoms with Gasteiger partial charge in [0.25, 0.3) is 5.91 Å². The molecule has 1 fully saturated rings. The fourth-order valence-electron chi connectivity index (χ4n) is 3.30. The van der Waals surface area contributed by atoms with Crippen molar-refractivity contribution in [3.63, 3.8) is 0 Å². The van der Waals surface area contributed by atoms with Crippen LogP contribution in [0.15, 0.2) is 53.0 Å². The quantitative estimate of drug-likeness (QED) is 0.514. The Kier molecular flexibility index (Phi) is 8.22. The SMILES string of the molecule is O=C(CCCOc1ccccc1Br)N1CCN(C(=O)c2ccccc2OC(F)F)CC1. The van der Waals surface area contributed by atoms with E-state index in [9.17, 15) is 18.4 Å². The van der Waals surface area contributed by atoms with E-state index in [1.807, 2.05) is 24.3 Å². The Hall–Kier alpha value is -2.68. The zero-order valence-electron chi connectivity index (χ0n) is 16.8. The summed E-state index contributed by atoms with van der Waals surface area (Å²) in [5, 5.41) is 0. The van der Waals surface area contributed by atoms with Crippen LogP contribution < -0.4 is 9.47 Å². The summed E-state index contributed by atoms with van der Waals surface area (Å²) in [7, 11) is 0. The van der Waals surface area contributed by atoms with E-state index >= 15 is 0 Å². The summed E-state index contributed by atoms with van der Waals surface area (Å²) in [4.78, 5) is 28.4. The van der Waals surface area contributed by atoms with Crippen LogP contribution in [0.4, 0.5) is 8.78 Å². The van der Waals surface area contributed by atoms with Gasteiger partial charge in [-0.25, -0.2) is 0 Å². The molecule has 2 aromatic carbocycles. The van der Waals surface area contributed by atoms with Crippen molar-refractivity contribution in [2.24, 2.45) is 0 Å². The Morgan fingerprint density at radius 2 is 1.55 bits per heavy atom. The van der Waals surface area contributed by atoms with Crippen LogP contribution in [0.2, 0.25) is 0 Å². The summed E-state index contributed by atoms with van der Waals surface area (Å²) < 4.78 is 36.2. The van der Waals surface area contributed by atoms with E-state index < -0.39 is 6.61 Å². The number of piperazine rings is 1. The third-order valence-corrected chi connectivity index (χ3v) is 5.54. The van der Waals surface area contributed by atoms with Crippen molar-refractivity contribution < 1.29 is 27.8 Å². The number of hydrogen-bond acceptors (Lipinski definition) is 4. The second-order valence-electron chi connectivity index (χ2n) is 6.93. The van der Waals surface area contributed by atoms with Gasteiger partial charge in [-0.1, -0.05) is 24.3 Å². The molecule has 0 N–H and O–H groups in total. The largest absolute Gasteiger partial charge is 0.492 e. The van der Waals surface area contributed by atoms with Crippen LogP contribution >= 0.6 is 15.9 Å². The fourth-order valence-corrected chi connectivity index (χ4v) is 3.70. The molecule has 0 atom stereocenters. The molecule has 0 aliphatic carbocycles. The van der Waals surface area contributed by atoms with Crippen LogP contribution in [-0.2, 0) is 4.79 Å². The van der Waals surface area contributed by atoms with Gasteiger partial charge in [0.2, 0.25) is 5.91 Å². The molecule has 0 aromatic heterocycles. The maximum atomic E-state index is 12.7. The normalized spacial score (nSPS) is 13.9. The third-order valence-electron chi connectivity index (χ3n) is 4.88. The Morgan fingerprint density at radius 3 is 2.23 bits per heavy atom. The van der Waals surface area contributed by atoms with Gasteiger partial charge in [-0.15, -0.1) is 0 Å². The molecule has 9 heteroatoms. The molecule has 166 valence electrons. The lowest BCUT2D eigenvalue weighted by molar-refractivity contribution is -0.132. The molecule has 1 heterocycles. The Bertz CT molecular complexity index is 905. The van der Waals surface area contributed by atoms with Crippen molar-refractivity contribution in [2.45, 2.75) is 19.5 Å². The average molecular weight is 497 g/mol. The van der Waals surface area contributed by atoms with Crippen LogP contribution in [0.5, 0.6) is 11.5 Å². The molecule has 0 saturated carbocycles. The number of ether oxygens (including phenoxy) is 2. The highest BCUT2D eigenvalue weighted by Crippen LogP contribution is 2.24. The van der Waals surface area contributed by atoms with Gasteiger partial charge >= 0.3 is 6.61 Å². The van der Waals surface area contributed by atoms with Gasteiger partial charge < -0.3 is 19.3 Å². The summed E-state index contributed by atoms with van der Waals surface area (Å²) in [5.74, 6) is 0.207. The number of benzene rings is 2. The number of amides is 2. The van der Waals surface area contributed by atoms with E-state index in [2.05, 4.69) is 20.7 Å². The molecular weight excluding hydrogens is 474 g/mol. The topological polar surface area (TPSA) is 59.1 Å². The van der Waals surface area contributed by atoms with Gasteiger partial charge in [-0.05, 0) is 46.6 Å². The standard InChI is InChI=1S/C22H23BrF2N2O4/c23-17-7-2-4-9-19(17)30-15-5-10-20(28)26-11-13-27(14-12-26)21(29)16-6-1-3-8-18(16)31-22(24)25/h1-4,6-9,22H,5,10-15H2. The number of carbonyl (C=O) groups is 2. The Morgan fingerprint density at radius 1 is 0.935 bits per heavy atom. The van der Waals surface area contributed by atoms with Crippen molar-refractivity contribution in [2.75, 3.05) is 32.8 Å². The van der Waals surface area contributed by atoms with E-state index in [1.165, 1.54) is 18.2 Å². The predicted molar refractivity (Wildman–Crippen MR) is 114 cm³/mol. The number of carbonyl (C=O) groups excluding carboxylic acids is 2. The molecule has 0 unspecified atom stereocenters. The van der Waals surface area contributed by atoms with Crippen molar-refractivity contribution in [1.82, 2.24) is 9.80 Å². The second-order valence-corrected chi connectivity index (χ2v) is 7.78. The van der Waals surface area contributed by atoms with Gasteiger partial charge in [0.05, 0.1) is 16.6 Å². The zero-order valence-corrected chi connectivity index (χ0v) is 18.4. The number of halogens is 3. The van der Waals surface area contributed by atoms with Crippen molar-refractivity contribution in [1.29, 1.82) is 0 Å². The van der Waals surface area contributed by atoms with Gasteiger partial charge in [0, 0.05) is 32.6 Å². The highest BCUT2D eigenvalue weighted by molar-refractivity contribution is 9.10. The lowest BCUT2D eigenvalue weighted by Gasteiger charge is -2.35. The molecule has 1 aliphatic rings. The lowest BCUT2D eigenvalue weighted by atomic mass is 10.1. The lowest BCUT2D eigenvalue weighted by Crippen LogP contribution is -2.50. The van der Waals surface area contributed by atoms with E-state index in [-0.39, 0.29) is 23.1 Å². The minimum Gasteiger partial charge on any atom is -0.492 e. The molecule has 1 aliphatic heterocycles. The van der Waals surface area contributed by atoms with Crippen LogP contribution in [0.1, 0.15) is 23.2 Å². The van der Waals surface area contributed by atoms with Crippen molar-refractivity contribution in [3.05, 3.63) is 58.6 Å². The van der Waals surface area contributed by atoms with E-state index in [1.54, 1.807) is 15.9 Å². The molecule has 1 saturated heterocycles. The molecular formula is C22H23BrF2N2O4. The number of alkyl halides is 2. The fraction of sp³-hybridized carbons (Fsp3) is 0.364. The van der Waals surface area contributed by atoms with Crippen LogP contribution in [-0.4, -0.2) is 61.0 Å². The summed E-state index contributed by atoms with van der Waals surface area (Å²) in [6.07, 6.45) is 0.932. The molecule has 0 radical (unpaired) electrons. The highest BCUT2D eigenvalue weighted by Gasteiger charge is 2.26. The van der Waals surface area contributed by atoms with E-state index in [0.29, 0.717) is 45.6 Å². The summed E-state index contributed by atoms with van der Waals surface area (Å²) in [5.41, 5.74) is 0.0896.